The van der Waals surface area contributed by atoms with Crippen molar-refractivity contribution < 1.29 is 13.2 Å². The maximum Gasteiger partial charge on any atom is 0.264 e. The number of fused-ring (bicyclic) bond motifs is 1. The number of alkyl halides is 2. The first-order chi connectivity index (χ1) is 13.0. The average Bonchev–Trinajstić information content (AvgIpc) is 3.25. The molecule has 5 nitrogen and oxygen atoms in total. The van der Waals surface area contributed by atoms with E-state index in [4.69, 9.17) is 0 Å². The Morgan fingerprint density at radius 2 is 2.00 bits per heavy atom. The normalized spacial score (nSPS) is 11.4. The Morgan fingerprint density at radius 1 is 1.15 bits per heavy atom. The van der Waals surface area contributed by atoms with Crippen LogP contribution in [0.25, 0.3) is 22.4 Å². The molecule has 138 valence electrons. The molecule has 27 heavy (non-hydrogen) atoms. The number of anilines is 1. The second-order valence-electron chi connectivity index (χ2n) is 6.15. The molecule has 8 heteroatoms. The number of rotatable bonds is 5. The summed E-state index contributed by atoms with van der Waals surface area (Å²) in [5.41, 5.74) is 2.94. The molecule has 0 saturated heterocycles. The van der Waals surface area contributed by atoms with Gasteiger partial charge in [0.05, 0.1) is 23.3 Å². The average molecular weight is 371 g/mol. The number of hydrogen-bond donors (Lipinski definition) is 2. The first-order valence-corrected chi connectivity index (χ1v) is 8.30. The third kappa shape index (κ3) is 3.38. The summed E-state index contributed by atoms with van der Waals surface area (Å²) in [4.78, 5) is 7.35. The number of nitrogens with zero attached hydrogens (tertiary/aromatic N) is 3. The molecule has 0 aliphatic carbocycles. The summed E-state index contributed by atoms with van der Waals surface area (Å²) in [6, 6.07) is 10.6. The van der Waals surface area contributed by atoms with E-state index in [1.54, 1.807) is 16.9 Å². The molecule has 0 bridgehead atoms. The van der Waals surface area contributed by atoms with Crippen LogP contribution in [0.4, 0.5) is 18.9 Å². The van der Waals surface area contributed by atoms with Gasteiger partial charge in [-0.3, -0.25) is 4.68 Å². The SMILES string of the molecule is Cn1nccc1CNc1ccc2nc(-c3cc(F)ccc3C(F)F)[nH]c2c1. The maximum atomic E-state index is 13.6. The summed E-state index contributed by atoms with van der Waals surface area (Å²) in [5.74, 6) is -0.378. The highest BCUT2D eigenvalue weighted by atomic mass is 19.3. The molecule has 2 N–H and O–H groups in total. The van der Waals surface area contributed by atoms with Gasteiger partial charge in [0.2, 0.25) is 0 Å². The number of nitrogens with one attached hydrogen (secondary N) is 2. The highest BCUT2D eigenvalue weighted by Crippen LogP contribution is 2.31. The van der Waals surface area contributed by atoms with Crippen LogP contribution in [0.2, 0.25) is 0 Å². The fourth-order valence-corrected chi connectivity index (χ4v) is 2.94. The third-order valence-corrected chi connectivity index (χ3v) is 4.38. The first-order valence-electron chi connectivity index (χ1n) is 8.30. The minimum absolute atomic E-state index is 0.0607. The zero-order valence-electron chi connectivity index (χ0n) is 14.4. The Hall–Kier alpha value is -3.29. The van der Waals surface area contributed by atoms with Crippen LogP contribution in [0.3, 0.4) is 0 Å². The van der Waals surface area contributed by atoms with E-state index < -0.39 is 12.2 Å². The van der Waals surface area contributed by atoms with Gasteiger partial charge < -0.3 is 10.3 Å². The lowest BCUT2D eigenvalue weighted by Gasteiger charge is -2.06. The van der Waals surface area contributed by atoms with Crippen molar-refractivity contribution in [2.75, 3.05) is 5.32 Å². The van der Waals surface area contributed by atoms with Crippen molar-refractivity contribution in [3.05, 3.63) is 65.7 Å². The second kappa shape index (κ2) is 6.79. The van der Waals surface area contributed by atoms with Crippen molar-refractivity contribution in [1.29, 1.82) is 0 Å². The Balaban J connectivity index is 1.65. The molecule has 0 fully saturated rings. The Morgan fingerprint density at radius 3 is 2.74 bits per heavy atom. The predicted molar refractivity (Wildman–Crippen MR) is 97.0 cm³/mol. The van der Waals surface area contributed by atoms with Gasteiger partial charge in [0.15, 0.2) is 0 Å². The number of aromatic nitrogens is 4. The van der Waals surface area contributed by atoms with E-state index in [0.29, 0.717) is 17.6 Å². The molecule has 0 aliphatic heterocycles. The fourth-order valence-electron chi connectivity index (χ4n) is 2.94. The van der Waals surface area contributed by atoms with Gasteiger partial charge in [-0.1, -0.05) is 0 Å². The summed E-state index contributed by atoms with van der Waals surface area (Å²) < 4.78 is 41.9. The van der Waals surface area contributed by atoms with Crippen molar-refractivity contribution in [3.8, 4) is 11.4 Å². The summed E-state index contributed by atoms with van der Waals surface area (Å²) in [7, 11) is 1.86. The van der Waals surface area contributed by atoms with Crippen molar-refractivity contribution in [3.63, 3.8) is 0 Å². The van der Waals surface area contributed by atoms with Crippen molar-refractivity contribution in [1.82, 2.24) is 19.7 Å². The molecule has 4 aromatic rings. The van der Waals surface area contributed by atoms with Crippen LogP contribution in [-0.4, -0.2) is 19.7 Å². The molecule has 2 heterocycles. The molecule has 2 aromatic carbocycles. The van der Waals surface area contributed by atoms with E-state index in [-0.39, 0.29) is 17.0 Å². The standard InChI is InChI=1S/C19H16F3N5/c1-27-13(6-7-24-27)10-23-12-3-5-16-17(9-12)26-19(25-16)15-8-11(20)2-4-14(15)18(21)22/h2-9,18,23H,10H2,1H3,(H,25,26). The molecule has 0 saturated carbocycles. The number of aromatic amines is 1. The number of H-pyrrole nitrogens is 1. The topological polar surface area (TPSA) is 58.5 Å². The zero-order chi connectivity index (χ0) is 19.0. The van der Waals surface area contributed by atoms with Crippen LogP contribution in [0.1, 0.15) is 17.7 Å². The number of halogens is 3. The lowest BCUT2D eigenvalue weighted by molar-refractivity contribution is 0.152. The van der Waals surface area contributed by atoms with Crippen LogP contribution in [0.15, 0.2) is 48.7 Å². The smallest absolute Gasteiger partial charge is 0.264 e. The monoisotopic (exact) mass is 371 g/mol. The summed E-state index contributed by atoms with van der Waals surface area (Å²) in [5, 5.41) is 7.39. The van der Waals surface area contributed by atoms with Crippen molar-refractivity contribution in [2.24, 2.45) is 7.05 Å². The van der Waals surface area contributed by atoms with Crippen LogP contribution in [-0.2, 0) is 13.6 Å². The molecule has 2 aromatic heterocycles. The van der Waals surface area contributed by atoms with Gasteiger partial charge in [-0.25, -0.2) is 18.2 Å². The van der Waals surface area contributed by atoms with E-state index in [1.807, 2.05) is 25.2 Å². The van der Waals surface area contributed by atoms with E-state index in [1.165, 1.54) is 0 Å². The van der Waals surface area contributed by atoms with Gasteiger partial charge in [-0.05, 0) is 42.5 Å². The van der Waals surface area contributed by atoms with E-state index in [0.717, 1.165) is 29.6 Å². The molecule has 4 rings (SSSR count). The Kier molecular flexibility index (Phi) is 4.31. The Bertz CT molecular complexity index is 1100. The summed E-state index contributed by atoms with van der Waals surface area (Å²) in [6.07, 6.45) is -0.994. The minimum Gasteiger partial charge on any atom is -0.379 e. The summed E-state index contributed by atoms with van der Waals surface area (Å²) >= 11 is 0. The molecule has 0 radical (unpaired) electrons. The van der Waals surface area contributed by atoms with Gasteiger partial charge in [-0.15, -0.1) is 0 Å². The Labute approximate surface area is 152 Å². The zero-order valence-corrected chi connectivity index (χ0v) is 14.4. The van der Waals surface area contributed by atoms with Gasteiger partial charge in [0.1, 0.15) is 11.6 Å². The van der Waals surface area contributed by atoms with Crippen molar-refractivity contribution >= 4 is 16.7 Å². The quantitative estimate of drug-likeness (QED) is 0.537. The van der Waals surface area contributed by atoms with Gasteiger partial charge in [-0.2, -0.15) is 5.10 Å². The number of imidazole rings is 1. The van der Waals surface area contributed by atoms with Crippen LogP contribution < -0.4 is 5.32 Å². The number of hydrogen-bond acceptors (Lipinski definition) is 3. The molecular formula is C19H16F3N5. The largest absolute Gasteiger partial charge is 0.379 e. The molecule has 0 amide bonds. The summed E-state index contributed by atoms with van der Waals surface area (Å²) in [6.45, 7) is 0.586. The van der Waals surface area contributed by atoms with Gasteiger partial charge in [0, 0.05) is 30.1 Å². The van der Waals surface area contributed by atoms with Crippen LogP contribution in [0.5, 0.6) is 0 Å². The highest BCUT2D eigenvalue weighted by Gasteiger charge is 2.17. The molecule has 0 spiro atoms. The molecule has 0 unspecified atom stereocenters. The number of aryl methyl sites for hydroxylation is 1. The maximum absolute atomic E-state index is 13.6. The fraction of sp³-hybridized carbons (Fsp3) is 0.158. The highest BCUT2D eigenvalue weighted by molar-refractivity contribution is 5.83. The molecule has 0 aliphatic rings. The predicted octanol–water partition coefficient (Wildman–Crippen LogP) is 4.65. The lowest BCUT2D eigenvalue weighted by Crippen LogP contribution is -2.05. The van der Waals surface area contributed by atoms with E-state index in [9.17, 15) is 13.2 Å². The number of benzene rings is 2. The molecule has 0 atom stereocenters. The van der Waals surface area contributed by atoms with Crippen LogP contribution in [0, 0.1) is 5.82 Å². The van der Waals surface area contributed by atoms with Crippen LogP contribution >= 0.6 is 0 Å². The second-order valence-corrected chi connectivity index (χ2v) is 6.15. The van der Waals surface area contributed by atoms with Gasteiger partial charge in [0.25, 0.3) is 6.43 Å². The van der Waals surface area contributed by atoms with Gasteiger partial charge >= 0.3 is 0 Å². The third-order valence-electron chi connectivity index (χ3n) is 4.38. The molecular weight excluding hydrogens is 355 g/mol. The van der Waals surface area contributed by atoms with Crippen molar-refractivity contribution in [2.45, 2.75) is 13.0 Å². The van der Waals surface area contributed by atoms with E-state index >= 15 is 0 Å². The lowest BCUT2D eigenvalue weighted by atomic mass is 10.1. The van der Waals surface area contributed by atoms with E-state index in [2.05, 4.69) is 20.4 Å². The minimum atomic E-state index is -2.72. The first kappa shape index (κ1) is 17.1.